The van der Waals surface area contributed by atoms with E-state index in [1.54, 1.807) is 16.9 Å². The summed E-state index contributed by atoms with van der Waals surface area (Å²) in [4.78, 5) is 24.9. The Balaban J connectivity index is 1.54. The van der Waals surface area contributed by atoms with Gasteiger partial charge in [0.05, 0.1) is 18.0 Å². The van der Waals surface area contributed by atoms with Crippen molar-refractivity contribution in [2.45, 2.75) is 6.42 Å². The number of nitrogens with two attached hydrogens (primary N) is 1. The number of anilines is 4. The summed E-state index contributed by atoms with van der Waals surface area (Å²) in [6, 6.07) is 11.2. The van der Waals surface area contributed by atoms with Crippen molar-refractivity contribution in [3.8, 4) is 16.9 Å². The smallest absolute Gasteiger partial charge is 0.254 e. The zero-order valence-electron chi connectivity index (χ0n) is 17.2. The van der Waals surface area contributed by atoms with Gasteiger partial charge in [-0.15, -0.1) is 0 Å². The van der Waals surface area contributed by atoms with Crippen molar-refractivity contribution < 1.29 is 9.53 Å². The molecule has 0 saturated carbocycles. The van der Waals surface area contributed by atoms with Crippen LogP contribution in [0, 0.1) is 0 Å². The molecule has 0 bridgehead atoms. The van der Waals surface area contributed by atoms with E-state index in [9.17, 15) is 4.79 Å². The van der Waals surface area contributed by atoms with E-state index in [2.05, 4.69) is 30.7 Å². The number of pyridine rings is 1. The monoisotopic (exact) mass is 428 g/mol. The number of aryl methyl sites for hydroxylation is 1. The molecule has 0 unspecified atom stereocenters. The SMILES string of the molecule is Cn1cc2c(n1)CCOc1c(Nc3nc(Nc4ccccn4)ncc3C(N)=O)cccc1-2. The predicted octanol–water partition coefficient (Wildman–Crippen LogP) is 2.79. The van der Waals surface area contributed by atoms with Crippen molar-refractivity contribution in [2.75, 3.05) is 17.2 Å². The maximum absolute atomic E-state index is 12.0. The van der Waals surface area contributed by atoms with Crippen LogP contribution in [-0.2, 0) is 13.5 Å². The van der Waals surface area contributed by atoms with Gasteiger partial charge in [-0.05, 0) is 18.2 Å². The second-order valence-corrected chi connectivity index (χ2v) is 7.23. The van der Waals surface area contributed by atoms with E-state index >= 15 is 0 Å². The van der Waals surface area contributed by atoms with Crippen LogP contribution in [0.25, 0.3) is 11.1 Å². The molecule has 0 radical (unpaired) electrons. The molecule has 1 aromatic carbocycles. The van der Waals surface area contributed by atoms with E-state index in [0.717, 1.165) is 16.8 Å². The van der Waals surface area contributed by atoms with Crippen LogP contribution < -0.4 is 21.1 Å². The third kappa shape index (κ3) is 3.69. The quantitative estimate of drug-likeness (QED) is 0.442. The fraction of sp³-hybridized carbons (Fsp3) is 0.136. The number of carbonyl (C=O) groups is 1. The number of hydrogen-bond donors (Lipinski definition) is 3. The lowest BCUT2D eigenvalue weighted by molar-refractivity contribution is 0.100. The molecule has 4 N–H and O–H groups in total. The summed E-state index contributed by atoms with van der Waals surface area (Å²) in [6.07, 6.45) is 5.71. The Morgan fingerprint density at radius 2 is 2.03 bits per heavy atom. The lowest BCUT2D eigenvalue weighted by atomic mass is 10.0. The van der Waals surface area contributed by atoms with Gasteiger partial charge in [-0.3, -0.25) is 9.48 Å². The molecule has 4 heterocycles. The van der Waals surface area contributed by atoms with Gasteiger partial charge in [0.15, 0.2) is 5.75 Å². The molecule has 0 fully saturated rings. The highest BCUT2D eigenvalue weighted by molar-refractivity contribution is 5.98. The molecule has 3 aromatic heterocycles. The average molecular weight is 428 g/mol. The molecule has 10 heteroatoms. The van der Waals surface area contributed by atoms with E-state index in [1.165, 1.54) is 6.20 Å². The van der Waals surface area contributed by atoms with Gasteiger partial charge in [-0.1, -0.05) is 18.2 Å². The molecule has 0 aliphatic carbocycles. The van der Waals surface area contributed by atoms with Crippen LogP contribution in [0.15, 0.2) is 55.0 Å². The van der Waals surface area contributed by atoms with Crippen molar-refractivity contribution in [3.05, 3.63) is 66.2 Å². The first kappa shape index (κ1) is 19.5. The van der Waals surface area contributed by atoms with Crippen LogP contribution in [0.2, 0.25) is 0 Å². The summed E-state index contributed by atoms with van der Waals surface area (Å²) in [5, 5.41) is 10.8. The Kier molecular flexibility index (Phi) is 4.86. The number of rotatable bonds is 5. The Hall–Kier alpha value is -4.47. The summed E-state index contributed by atoms with van der Waals surface area (Å²) in [6.45, 7) is 0.481. The molecule has 1 aliphatic heterocycles. The van der Waals surface area contributed by atoms with Crippen LogP contribution in [0.1, 0.15) is 16.1 Å². The summed E-state index contributed by atoms with van der Waals surface area (Å²) < 4.78 is 7.86. The molecular formula is C22H20N8O2. The van der Waals surface area contributed by atoms with Crippen LogP contribution in [0.5, 0.6) is 5.75 Å². The lowest BCUT2D eigenvalue weighted by Crippen LogP contribution is -2.16. The molecule has 4 aromatic rings. The van der Waals surface area contributed by atoms with Gasteiger partial charge in [0, 0.05) is 43.2 Å². The number of nitrogens with zero attached hydrogens (tertiary/aromatic N) is 5. The van der Waals surface area contributed by atoms with Crippen LogP contribution in [0.3, 0.4) is 0 Å². The first-order valence-corrected chi connectivity index (χ1v) is 9.99. The summed E-state index contributed by atoms with van der Waals surface area (Å²) >= 11 is 0. The zero-order valence-corrected chi connectivity index (χ0v) is 17.2. The summed E-state index contributed by atoms with van der Waals surface area (Å²) in [7, 11) is 1.90. The fourth-order valence-corrected chi connectivity index (χ4v) is 3.59. The number of para-hydroxylation sites is 1. The molecule has 160 valence electrons. The number of benzene rings is 1. The molecule has 0 spiro atoms. The van der Waals surface area contributed by atoms with Gasteiger partial charge in [-0.2, -0.15) is 10.1 Å². The molecule has 1 aliphatic rings. The van der Waals surface area contributed by atoms with Gasteiger partial charge in [0.25, 0.3) is 5.91 Å². The predicted molar refractivity (Wildman–Crippen MR) is 119 cm³/mol. The second kappa shape index (κ2) is 7.99. The number of aromatic nitrogens is 5. The number of fused-ring (bicyclic) bond motifs is 3. The zero-order chi connectivity index (χ0) is 22.1. The lowest BCUT2D eigenvalue weighted by Gasteiger charge is -2.16. The van der Waals surface area contributed by atoms with Crippen molar-refractivity contribution in [2.24, 2.45) is 12.8 Å². The normalized spacial score (nSPS) is 12.2. The first-order chi connectivity index (χ1) is 15.6. The molecular weight excluding hydrogens is 408 g/mol. The van der Waals surface area contributed by atoms with Crippen molar-refractivity contribution in [3.63, 3.8) is 0 Å². The molecule has 1 amide bonds. The first-order valence-electron chi connectivity index (χ1n) is 9.99. The Bertz CT molecular complexity index is 1300. The van der Waals surface area contributed by atoms with E-state index < -0.39 is 5.91 Å². The summed E-state index contributed by atoms with van der Waals surface area (Å²) in [5.41, 5.74) is 9.28. The fourth-order valence-electron chi connectivity index (χ4n) is 3.59. The largest absolute Gasteiger partial charge is 0.490 e. The van der Waals surface area contributed by atoms with Crippen molar-refractivity contribution in [1.29, 1.82) is 0 Å². The standard InChI is InChI=1S/C22H20N8O2/c1-30-12-15-13-5-4-6-17(19(13)32-10-8-16(15)29-30)26-21-14(20(23)31)11-25-22(28-21)27-18-7-2-3-9-24-18/h2-7,9,11-12H,8,10H2,1H3,(H2,23,31)(H2,24,25,26,27,28). The molecule has 0 saturated heterocycles. The molecule has 32 heavy (non-hydrogen) atoms. The number of carbonyl (C=O) groups excluding carboxylic acids is 1. The van der Waals surface area contributed by atoms with Gasteiger partial charge >= 0.3 is 0 Å². The van der Waals surface area contributed by atoms with E-state index in [0.29, 0.717) is 30.3 Å². The Morgan fingerprint density at radius 3 is 2.84 bits per heavy atom. The highest BCUT2D eigenvalue weighted by Gasteiger charge is 2.22. The minimum Gasteiger partial charge on any atom is -0.490 e. The Morgan fingerprint density at radius 1 is 1.12 bits per heavy atom. The maximum atomic E-state index is 12.0. The number of hydrogen-bond acceptors (Lipinski definition) is 8. The minimum absolute atomic E-state index is 0.157. The highest BCUT2D eigenvalue weighted by atomic mass is 16.5. The van der Waals surface area contributed by atoms with Gasteiger partial charge in [0.2, 0.25) is 5.95 Å². The van der Waals surface area contributed by atoms with E-state index in [1.807, 2.05) is 43.6 Å². The molecule has 10 nitrogen and oxygen atoms in total. The molecule has 0 atom stereocenters. The summed E-state index contributed by atoms with van der Waals surface area (Å²) in [5.74, 6) is 1.13. The van der Waals surface area contributed by atoms with Crippen LogP contribution in [-0.4, -0.2) is 37.2 Å². The topological polar surface area (TPSA) is 133 Å². The average Bonchev–Trinajstić information content (AvgIpc) is 3.06. The number of ether oxygens (including phenoxy) is 1. The number of primary amides is 1. The van der Waals surface area contributed by atoms with E-state index in [4.69, 9.17) is 10.5 Å². The minimum atomic E-state index is -0.644. The van der Waals surface area contributed by atoms with Crippen LogP contribution >= 0.6 is 0 Å². The third-order valence-electron chi connectivity index (χ3n) is 5.01. The van der Waals surface area contributed by atoms with Crippen LogP contribution in [0.4, 0.5) is 23.3 Å². The highest BCUT2D eigenvalue weighted by Crippen LogP contribution is 2.41. The van der Waals surface area contributed by atoms with E-state index in [-0.39, 0.29) is 17.3 Å². The Labute approximate surface area is 183 Å². The second-order valence-electron chi connectivity index (χ2n) is 7.23. The van der Waals surface area contributed by atoms with Gasteiger partial charge < -0.3 is 21.1 Å². The van der Waals surface area contributed by atoms with Crippen molar-refractivity contribution >= 4 is 29.2 Å². The number of nitrogens with one attached hydrogen (secondary N) is 2. The molecule has 5 rings (SSSR count). The maximum Gasteiger partial charge on any atom is 0.254 e. The third-order valence-corrected chi connectivity index (χ3v) is 5.01. The number of amides is 1. The van der Waals surface area contributed by atoms with Gasteiger partial charge in [-0.25, -0.2) is 9.97 Å². The van der Waals surface area contributed by atoms with Crippen molar-refractivity contribution in [1.82, 2.24) is 24.7 Å². The van der Waals surface area contributed by atoms with Gasteiger partial charge in [0.1, 0.15) is 17.2 Å².